The van der Waals surface area contributed by atoms with Crippen molar-refractivity contribution in [3.05, 3.63) is 24.3 Å². The summed E-state index contributed by atoms with van der Waals surface area (Å²) < 4.78 is 0. The van der Waals surface area contributed by atoms with Crippen molar-refractivity contribution < 1.29 is 5.11 Å². The van der Waals surface area contributed by atoms with Crippen molar-refractivity contribution in [1.82, 2.24) is 9.97 Å². The van der Waals surface area contributed by atoms with Gasteiger partial charge in [0.2, 0.25) is 0 Å². The Morgan fingerprint density at radius 1 is 1.60 bits per heavy atom. The number of aromatic nitrogens is 2. The molecule has 0 amide bonds. The monoisotopic (exact) mass is 138 g/mol. The van der Waals surface area contributed by atoms with Gasteiger partial charge in [0, 0.05) is 24.5 Å². The minimum Gasteiger partial charge on any atom is -0.396 e. The molecule has 0 fully saturated rings. The van der Waals surface area contributed by atoms with Crippen LogP contribution >= 0.6 is 0 Å². The first-order valence-corrected chi connectivity index (χ1v) is 3.21. The van der Waals surface area contributed by atoms with Crippen molar-refractivity contribution in [2.45, 2.75) is 12.8 Å². The van der Waals surface area contributed by atoms with Crippen molar-refractivity contribution in [1.29, 1.82) is 0 Å². The molecular weight excluding hydrogens is 128 g/mol. The Morgan fingerprint density at radius 3 is 2.90 bits per heavy atom. The molecule has 1 aromatic heterocycles. The lowest BCUT2D eigenvalue weighted by Crippen LogP contribution is -2.01. The number of aliphatic hydroxyl groups is 1. The summed E-state index contributed by atoms with van der Waals surface area (Å²) >= 11 is 0. The van der Waals surface area contributed by atoms with E-state index in [4.69, 9.17) is 5.11 Å². The van der Waals surface area contributed by atoms with Gasteiger partial charge in [0.05, 0.1) is 12.3 Å². The third-order valence-electron chi connectivity index (χ3n) is 1.36. The maximum Gasteiger partial charge on any atom is 0.0637 e. The third-order valence-corrected chi connectivity index (χ3v) is 1.36. The molecule has 3 nitrogen and oxygen atoms in total. The molecule has 1 atom stereocenters. The Bertz CT molecular complexity index is 188. The summed E-state index contributed by atoms with van der Waals surface area (Å²) in [7, 11) is 0. The van der Waals surface area contributed by atoms with Crippen LogP contribution in [0.15, 0.2) is 18.6 Å². The molecule has 54 valence electrons. The zero-order valence-electron chi connectivity index (χ0n) is 5.86. The third kappa shape index (κ3) is 1.51. The number of hydrogen-bond donors (Lipinski definition) is 1. The lowest BCUT2D eigenvalue weighted by atomic mass is 10.1. The van der Waals surface area contributed by atoms with Crippen LogP contribution in [0.2, 0.25) is 0 Å². The Kier molecular flexibility index (Phi) is 2.34. The smallest absolute Gasteiger partial charge is 0.0637 e. The van der Waals surface area contributed by atoms with Crippen LogP contribution in [0.3, 0.4) is 0 Å². The topological polar surface area (TPSA) is 46.0 Å². The predicted molar refractivity (Wildman–Crippen MR) is 37.5 cm³/mol. The summed E-state index contributed by atoms with van der Waals surface area (Å²) in [5, 5.41) is 8.72. The van der Waals surface area contributed by atoms with Crippen LogP contribution < -0.4 is 0 Å². The molecule has 0 aliphatic carbocycles. The van der Waals surface area contributed by atoms with E-state index < -0.39 is 0 Å². The van der Waals surface area contributed by atoms with E-state index >= 15 is 0 Å². The molecule has 0 radical (unpaired) electrons. The molecule has 0 bridgehead atoms. The number of rotatable bonds is 2. The summed E-state index contributed by atoms with van der Waals surface area (Å²) in [4.78, 5) is 7.91. The molecule has 10 heavy (non-hydrogen) atoms. The summed E-state index contributed by atoms with van der Waals surface area (Å²) in [6.45, 7) is 2.03. The molecule has 1 heterocycles. The van der Waals surface area contributed by atoms with Gasteiger partial charge >= 0.3 is 0 Å². The first kappa shape index (κ1) is 7.15. The van der Waals surface area contributed by atoms with E-state index in [2.05, 4.69) is 9.97 Å². The fourth-order valence-corrected chi connectivity index (χ4v) is 0.659. The predicted octanol–water partition coefficient (Wildman–Crippen LogP) is 0.572. The lowest BCUT2D eigenvalue weighted by molar-refractivity contribution is 0.271. The van der Waals surface area contributed by atoms with Gasteiger partial charge in [0.15, 0.2) is 0 Å². The van der Waals surface area contributed by atoms with E-state index in [1.807, 2.05) is 6.92 Å². The van der Waals surface area contributed by atoms with Crippen LogP contribution in [-0.2, 0) is 0 Å². The molecule has 0 spiro atoms. The van der Waals surface area contributed by atoms with Crippen LogP contribution in [0.25, 0.3) is 0 Å². The van der Waals surface area contributed by atoms with Gasteiger partial charge in [0.25, 0.3) is 0 Å². The molecular formula is C7H10N2O. The molecule has 3 heteroatoms. The quantitative estimate of drug-likeness (QED) is 0.650. The SMILES string of the molecule is C[C@@H](CO)c1cnccn1. The summed E-state index contributed by atoms with van der Waals surface area (Å²) in [5.41, 5.74) is 0.838. The van der Waals surface area contributed by atoms with Crippen LogP contribution in [-0.4, -0.2) is 21.7 Å². The van der Waals surface area contributed by atoms with Crippen molar-refractivity contribution in [2.24, 2.45) is 0 Å². The molecule has 0 saturated heterocycles. The summed E-state index contributed by atoms with van der Waals surface area (Å²) in [5.74, 6) is 0.0914. The average Bonchev–Trinajstić information content (AvgIpc) is 2.05. The minimum atomic E-state index is 0.0914. The highest BCUT2D eigenvalue weighted by Crippen LogP contribution is 2.07. The number of nitrogens with zero attached hydrogens (tertiary/aromatic N) is 2. The lowest BCUT2D eigenvalue weighted by Gasteiger charge is -2.03. The maximum atomic E-state index is 8.72. The van der Waals surface area contributed by atoms with Crippen molar-refractivity contribution in [3.63, 3.8) is 0 Å². The Morgan fingerprint density at radius 2 is 2.40 bits per heavy atom. The molecule has 0 aliphatic heterocycles. The normalized spacial score (nSPS) is 13.0. The summed E-state index contributed by atoms with van der Waals surface area (Å²) in [6.07, 6.45) is 4.91. The maximum absolute atomic E-state index is 8.72. The Labute approximate surface area is 59.8 Å². The number of hydrogen-bond acceptors (Lipinski definition) is 3. The fourth-order valence-electron chi connectivity index (χ4n) is 0.659. The van der Waals surface area contributed by atoms with E-state index in [0.717, 1.165) is 5.69 Å². The first-order chi connectivity index (χ1) is 4.84. The van der Waals surface area contributed by atoms with Gasteiger partial charge in [-0.15, -0.1) is 0 Å². The van der Waals surface area contributed by atoms with Crippen LogP contribution in [0.5, 0.6) is 0 Å². The van der Waals surface area contributed by atoms with Gasteiger partial charge in [-0.05, 0) is 0 Å². The first-order valence-electron chi connectivity index (χ1n) is 3.21. The Balaban J connectivity index is 2.75. The average molecular weight is 138 g/mol. The molecule has 1 aromatic rings. The fraction of sp³-hybridized carbons (Fsp3) is 0.429. The van der Waals surface area contributed by atoms with Crippen molar-refractivity contribution in [2.75, 3.05) is 6.61 Å². The van der Waals surface area contributed by atoms with E-state index in [1.165, 1.54) is 0 Å². The standard InChI is InChI=1S/C7H10N2O/c1-6(5-10)7-4-8-2-3-9-7/h2-4,6,10H,5H2,1H3/t6-/m0/s1. The van der Waals surface area contributed by atoms with Crippen molar-refractivity contribution in [3.8, 4) is 0 Å². The zero-order valence-corrected chi connectivity index (χ0v) is 5.86. The molecule has 0 aliphatic rings. The van der Waals surface area contributed by atoms with Crippen LogP contribution in [0.1, 0.15) is 18.5 Å². The van der Waals surface area contributed by atoms with Gasteiger partial charge in [-0.25, -0.2) is 0 Å². The second-order valence-electron chi connectivity index (χ2n) is 2.21. The summed E-state index contributed by atoms with van der Waals surface area (Å²) in [6, 6.07) is 0. The second-order valence-corrected chi connectivity index (χ2v) is 2.21. The highest BCUT2D eigenvalue weighted by molar-refractivity contribution is 5.01. The van der Waals surface area contributed by atoms with Gasteiger partial charge in [-0.1, -0.05) is 6.92 Å². The molecule has 1 N–H and O–H groups in total. The van der Waals surface area contributed by atoms with Crippen LogP contribution in [0.4, 0.5) is 0 Å². The van der Waals surface area contributed by atoms with Crippen LogP contribution in [0, 0.1) is 0 Å². The van der Waals surface area contributed by atoms with Gasteiger partial charge in [0.1, 0.15) is 0 Å². The highest BCUT2D eigenvalue weighted by atomic mass is 16.3. The van der Waals surface area contributed by atoms with E-state index in [0.29, 0.717) is 0 Å². The van der Waals surface area contributed by atoms with Gasteiger partial charge in [-0.3, -0.25) is 9.97 Å². The Hall–Kier alpha value is -0.960. The minimum absolute atomic E-state index is 0.0914. The van der Waals surface area contributed by atoms with Gasteiger partial charge < -0.3 is 5.11 Å². The second kappa shape index (κ2) is 3.27. The highest BCUT2D eigenvalue weighted by Gasteiger charge is 2.02. The molecule has 0 unspecified atom stereocenters. The largest absolute Gasteiger partial charge is 0.396 e. The van der Waals surface area contributed by atoms with Crippen molar-refractivity contribution >= 4 is 0 Å². The molecule has 0 aromatic carbocycles. The van der Waals surface area contributed by atoms with E-state index in [-0.39, 0.29) is 12.5 Å². The van der Waals surface area contributed by atoms with E-state index in [9.17, 15) is 0 Å². The zero-order chi connectivity index (χ0) is 7.40. The number of aliphatic hydroxyl groups excluding tert-OH is 1. The molecule has 1 rings (SSSR count). The van der Waals surface area contributed by atoms with E-state index in [1.54, 1.807) is 18.6 Å². The van der Waals surface area contributed by atoms with Gasteiger partial charge in [-0.2, -0.15) is 0 Å². The molecule has 0 saturated carbocycles.